The standard InChI is InChI=1S/C15H22FN3O4.C3H6O2.C2H2.CH4O/c1-3-4-5-8-22-15(21)18-13-11(16)9-19(14(20)17-13)12-7-6-10(2)23-12;1-3(4)5-2;2*1-2/h9-10,12H,3-8H2,1-2H3,(H,17,18,20,21);1-2H3;1-2H;2H,1H3/t10-,12-;;;/m1.../s1. The molecule has 0 aromatic carbocycles. The average Bonchev–Trinajstić information content (AvgIpc) is 3.22. The van der Waals surface area contributed by atoms with Crippen molar-refractivity contribution in [3.8, 4) is 12.8 Å². The lowest BCUT2D eigenvalue weighted by Crippen LogP contribution is -2.29. The van der Waals surface area contributed by atoms with Crippen LogP contribution < -0.4 is 11.0 Å². The molecule has 1 aliphatic rings. The fourth-order valence-electron chi connectivity index (χ4n) is 2.38. The number of halogens is 1. The quantitative estimate of drug-likeness (QED) is 0.377. The van der Waals surface area contributed by atoms with E-state index in [9.17, 15) is 18.8 Å². The van der Waals surface area contributed by atoms with Gasteiger partial charge in [-0.05, 0) is 26.2 Å². The molecule has 2 N–H and O–H groups in total. The van der Waals surface area contributed by atoms with Crippen LogP contribution in [0.4, 0.5) is 15.0 Å². The third kappa shape index (κ3) is 12.7. The fourth-order valence-corrected chi connectivity index (χ4v) is 2.38. The number of anilines is 1. The Morgan fingerprint density at radius 2 is 1.94 bits per heavy atom. The van der Waals surface area contributed by atoms with Crippen molar-refractivity contribution in [1.29, 1.82) is 0 Å². The molecular formula is C21H34FN3O7. The summed E-state index contributed by atoms with van der Waals surface area (Å²) in [7, 11) is 2.35. The van der Waals surface area contributed by atoms with Crippen molar-refractivity contribution in [2.24, 2.45) is 0 Å². The van der Waals surface area contributed by atoms with E-state index in [4.69, 9.17) is 14.6 Å². The Kier molecular flexibility index (Phi) is 18.3. The zero-order valence-corrected chi connectivity index (χ0v) is 19.3. The summed E-state index contributed by atoms with van der Waals surface area (Å²) >= 11 is 0. The molecule has 11 heteroatoms. The highest BCUT2D eigenvalue weighted by molar-refractivity contribution is 5.83. The van der Waals surface area contributed by atoms with Gasteiger partial charge in [0.05, 0.1) is 26.0 Å². The molecule has 0 aliphatic carbocycles. The second-order valence-corrected chi connectivity index (χ2v) is 6.27. The van der Waals surface area contributed by atoms with Crippen molar-refractivity contribution in [3.05, 3.63) is 22.5 Å². The first-order valence-electron chi connectivity index (χ1n) is 9.99. The first-order valence-corrected chi connectivity index (χ1v) is 9.99. The molecule has 0 radical (unpaired) electrons. The van der Waals surface area contributed by atoms with E-state index >= 15 is 0 Å². The predicted molar refractivity (Wildman–Crippen MR) is 117 cm³/mol. The van der Waals surface area contributed by atoms with Crippen molar-refractivity contribution in [1.82, 2.24) is 9.55 Å². The Hall–Kier alpha value is -2.97. The molecule has 32 heavy (non-hydrogen) atoms. The number of terminal acetylenes is 1. The minimum Gasteiger partial charge on any atom is -0.469 e. The number of methoxy groups -OCH3 is 1. The van der Waals surface area contributed by atoms with Crippen LogP contribution in [0.1, 0.15) is 59.1 Å². The summed E-state index contributed by atoms with van der Waals surface area (Å²) in [6.45, 7) is 5.52. The Balaban J connectivity index is 0. The number of nitrogens with one attached hydrogen (secondary N) is 1. The zero-order chi connectivity index (χ0) is 25.1. The van der Waals surface area contributed by atoms with E-state index in [1.54, 1.807) is 0 Å². The third-order valence-electron chi connectivity index (χ3n) is 3.92. The Labute approximate surface area is 188 Å². The summed E-state index contributed by atoms with van der Waals surface area (Å²) in [6.07, 6.45) is 11.8. The summed E-state index contributed by atoms with van der Waals surface area (Å²) in [5.41, 5.74) is -0.674. The summed E-state index contributed by atoms with van der Waals surface area (Å²) in [5.74, 6) is -1.49. The maximum atomic E-state index is 14.0. The fraction of sp³-hybridized carbons (Fsp3) is 0.619. The van der Waals surface area contributed by atoms with E-state index in [0.29, 0.717) is 6.42 Å². The lowest BCUT2D eigenvalue weighted by atomic mass is 10.2. The van der Waals surface area contributed by atoms with Crippen molar-refractivity contribution in [2.45, 2.75) is 65.2 Å². The predicted octanol–water partition coefficient (Wildman–Crippen LogP) is 2.86. The molecule has 10 nitrogen and oxygen atoms in total. The van der Waals surface area contributed by atoms with Crippen molar-refractivity contribution in [3.63, 3.8) is 0 Å². The van der Waals surface area contributed by atoms with Crippen molar-refractivity contribution < 1.29 is 33.3 Å². The molecule has 182 valence electrons. The molecule has 0 bridgehead atoms. The summed E-state index contributed by atoms with van der Waals surface area (Å²) in [5, 5.41) is 9.15. The van der Waals surface area contributed by atoms with Gasteiger partial charge in [0.25, 0.3) is 0 Å². The van der Waals surface area contributed by atoms with Crippen LogP contribution in [0.5, 0.6) is 0 Å². The van der Waals surface area contributed by atoms with Crippen LogP contribution in [0.2, 0.25) is 0 Å². The van der Waals surface area contributed by atoms with Crippen LogP contribution in [-0.2, 0) is 19.0 Å². The van der Waals surface area contributed by atoms with Crippen LogP contribution in [0.25, 0.3) is 0 Å². The van der Waals surface area contributed by atoms with E-state index in [1.807, 2.05) is 13.8 Å². The number of aromatic nitrogens is 2. The molecule has 2 atom stereocenters. The van der Waals surface area contributed by atoms with Gasteiger partial charge in [-0.1, -0.05) is 19.8 Å². The molecule has 1 aromatic heterocycles. The number of unbranched alkanes of at least 4 members (excludes halogenated alkanes) is 2. The number of esters is 1. The van der Waals surface area contributed by atoms with Gasteiger partial charge in [-0.15, -0.1) is 12.8 Å². The minimum absolute atomic E-state index is 0.0193. The average molecular weight is 460 g/mol. The van der Waals surface area contributed by atoms with Crippen LogP contribution >= 0.6 is 0 Å². The maximum absolute atomic E-state index is 14.0. The monoisotopic (exact) mass is 459 g/mol. The molecule has 1 aromatic rings. The number of aliphatic hydroxyl groups is 1. The first kappa shape index (κ1) is 31.2. The number of hydrogen-bond acceptors (Lipinski definition) is 8. The summed E-state index contributed by atoms with van der Waals surface area (Å²) < 4.78 is 29.7. The molecule has 2 heterocycles. The normalized spacial score (nSPS) is 16.0. The van der Waals surface area contributed by atoms with Crippen LogP contribution in [-0.4, -0.2) is 53.7 Å². The molecule has 2 rings (SSSR count). The van der Waals surface area contributed by atoms with Gasteiger partial charge >= 0.3 is 17.8 Å². The van der Waals surface area contributed by atoms with E-state index in [-0.39, 0.29) is 18.7 Å². The Morgan fingerprint density at radius 1 is 1.34 bits per heavy atom. The first-order chi connectivity index (χ1) is 15.3. The summed E-state index contributed by atoms with van der Waals surface area (Å²) in [4.78, 5) is 36.7. The van der Waals surface area contributed by atoms with Crippen LogP contribution in [0.15, 0.2) is 11.0 Å². The number of carbonyl (C=O) groups excluding carboxylic acids is 2. The van der Waals surface area contributed by atoms with Crippen LogP contribution in [0.3, 0.4) is 0 Å². The second kappa shape index (κ2) is 18.8. The van der Waals surface area contributed by atoms with Gasteiger partial charge in [0.15, 0.2) is 11.6 Å². The van der Waals surface area contributed by atoms with Gasteiger partial charge in [-0.3, -0.25) is 14.7 Å². The van der Waals surface area contributed by atoms with Gasteiger partial charge in [-0.2, -0.15) is 4.98 Å². The number of nitrogens with zero attached hydrogens (tertiary/aromatic N) is 2. The number of ether oxygens (including phenoxy) is 3. The number of carbonyl (C=O) groups is 2. The maximum Gasteiger partial charge on any atom is 0.412 e. The van der Waals surface area contributed by atoms with Gasteiger partial charge in [-0.25, -0.2) is 14.0 Å². The molecule has 0 saturated carbocycles. The highest BCUT2D eigenvalue weighted by Crippen LogP contribution is 2.27. The third-order valence-corrected chi connectivity index (χ3v) is 3.92. The van der Waals surface area contributed by atoms with Gasteiger partial charge in [0, 0.05) is 14.0 Å². The van der Waals surface area contributed by atoms with Crippen molar-refractivity contribution in [2.75, 3.05) is 26.1 Å². The molecule has 0 unspecified atom stereocenters. The molecular weight excluding hydrogens is 425 g/mol. The summed E-state index contributed by atoms with van der Waals surface area (Å²) in [6, 6.07) is 0. The Bertz CT molecular complexity index is 753. The molecule has 0 spiro atoms. The van der Waals surface area contributed by atoms with Gasteiger partial charge in [0.2, 0.25) is 0 Å². The van der Waals surface area contributed by atoms with E-state index < -0.39 is 29.6 Å². The number of amides is 1. The van der Waals surface area contributed by atoms with E-state index in [0.717, 1.165) is 43.6 Å². The Morgan fingerprint density at radius 3 is 2.41 bits per heavy atom. The van der Waals surface area contributed by atoms with E-state index in [2.05, 4.69) is 27.9 Å². The number of rotatable bonds is 6. The van der Waals surface area contributed by atoms with Crippen LogP contribution in [0, 0.1) is 18.7 Å². The lowest BCUT2D eigenvalue weighted by molar-refractivity contribution is -0.137. The highest BCUT2D eigenvalue weighted by Gasteiger charge is 2.25. The second-order valence-electron chi connectivity index (χ2n) is 6.27. The van der Waals surface area contributed by atoms with Gasteiger partial charge in [0.1, 0.15) is 6.23 Å². The molecule has 1 amide bonds. The van der Waals surface area contributed by atoms with Crippen molar-refractivity contribution >= 4 is 17.9 Å². The lowest BCUT2D eigenvalue weighted by Gasteiger charge is -2.15. The van der Waals surface area contributed by atoms with E-state index in [1.165, 1.54) is 14.0 Å². The molecule has 1 saturated heterocycles. The largest absolute Gasteiger partial charge is 0.469 e. The SMILES string of the molecule is C#C.CCCCCOC(=O)Nc1nc(=O)n([C@H]2CC[C@@H](C)O2)cc1F.CO.COC(C)=O. The number of hydrogen-bond donors (Lipinski definition) is 2. The topological polar surface area (TPSA) is 129 Å². The number of aliphatic hydroxyl groups excluding tert-OH is 1. The highest BCUT2D eigenvalue weighted by atomic mass is 19.1. The zero-order valence-electron chi connectivity index (χ0n) is 19.3. The van der Waals surface area contributed by atoms with Gasteiger partial charge < -0.3 is 19.3 Å². The molecule has 1 fully saturated rings. The smallest absolute Gasteiger partial charge is 0.412 e. The minimum atomic E-state index is -0.824. The molecule has 1 aliphatic heterocycles.